The van der Waals surface area contributed by atoms with Crippen molar-refractivity contribution < 1.29 is 9.21 Å². The van der Waals surface area contributed by atoms with Gasteiger partial charge in [-0.05, 0) is 43.0 Å². The van der Waals surface area contributed by atoms with Gasteiger partial charge in [-0.15, -0.1) is 11.3 Å². The first-order valence-electron chi connectivity index (χ1n) is 6.63. The van der Waals surface area contributed by atoms with Crippen LogP contribution in [0.4, 0.5) is 5.69 Å². The highest BCUT2D eigenvalue weighted by Crippen LogP contribution is 2.27. The Morgan fingerprint density at radius 2 is 2.14 bits per heavy atom. The van der Waals surface area contributed by atoms with Crippen LogP contribution in [0, 0.1) is 13.8 Å². The predicted octanol–water partition coefficient (Wildman–Crippen LogP) is 5.03. The number of thiophene rings is 1. The number of halogens is 1. The van der Waals surface area contributed by atoms with E-state index in [0.717, 1.165) is 20.6 Å². The van der Waals surface area contributed by atoms with E-state index in [1.54, 1.807) is 6.92 Å². The number of anilines is 1. The molecule has 2 aromatic heterocycles. The van der Waals surface area contributed by atoms with Crippen molar-refractivity contribution in [2.75, 3.05) is 5.32 Å². The van der Waals surface area contributed by atoms with Crippen molar-refractivity contribution in [3.63, 3.8) is 0 Å². The Bertz CT molecular complexity index is 825. The van der Waals surface area contributed by atoms with Crippen molar-refractivity contribution >= 4 is 38.9 Å². The first kappa shape index (κ1) is 15.0. The average molecular weight is 377 g/mol. The Kier molecular flexibility index (Phi) is 4.13. The zero-order valence-electron chi connectivity index (χ0n) is 12.0. The second-order valence-corrected chi connectivity index (χ2v) is 6.68. The molecule has 22 heavy (non-hydrogen) atoms. The lowest BCUT2D eigenvalue weighted by Gasteiger charge is -2.07. The quantitative estimate of drug-likeness (QED) is 0.696. The van der Waals surface area contributed by atoms with E-state index in [0.29, 0.717) is 17.3 Å². The number of nitrogens with one attached hydrogen (secondary N) is 1. The molecular weight excluding hydrogens is 364 g/mol. The van der Waals surface area contributed by atoms with Crippen LogP contribution < -0.4 is 5.32 Å². The molecule has 0 bridgehead atoms. The molecule has 3 aromatic rings. The van der Waals surface area contributed by atoms with Crippen LogP contribution in [0.15, 0.2) is 44.6 Å². The second-order valence-electron chi connectivity index (χ2n) is 4.81. The van der Waals surface area contributed by atoms with E-state index >= 15 is 0 Å². The number of aryl methyl sites for hydroxylation is 2. The monoisotopic (exact) mass is 376 g/mol. The first-order valence-corrected chi connectivity index (χ1v) is 8.30. The molecule has 0 saturated carbocycles. The highest BCUT2D eigenvalue weighted by atomic mass is 79.9. The van der Waals surface area contributed by atoms with Crippen molar-refractivity contribution in [1.29, 1.82) is 0 Å². The maximum absolute atomic E-state index is 12.4. The highest BCUT2D eigenvalue weighted by Gasteiger charge is 2.19. The molecule has 3 rings (SSSR count). The molecule has 1 amide bonds. The lowest BCUT2D eigenvalue weighted by molar-refractivity contribution is 0.102. The summed E-state index contributed by atoms with van der Waals surface area (Å²) in [4.78, 5) is 17.7. The molecule has 0 radical (unpaired) electrons. The molecule has 0 fully saturated rings. The van der Waals surface area contributed by atoms with E-state index < -0.39 is 0 Å². The Morgan fingerprint density at radius 3 is 2.86 bits per heavy atom. The van der Waals surface area contributed by atoms with Gasteiger partial charge in [0, 0.05) is 10.2 Å². The third-order valence-electron chi connectivity index (χ3n) is 3.19. The highest BCUT2D eigenvalue weighted by molar-refractivity contribution is 9.10. The number of nitrogens with zero attached hydrogens (tertiary/aromatic N) is 1. The fourth-order valence-electron chi connectivity index (χ4n) is 2.02. The van der Waals surface area contributed by atoms with Crippen LogP contribution in [-0.2, 0) is 0 Å². The van der Waals surface area contributed by atoms with Crippen LogP contribution in [0.25, 0.3) is 10.8 Å². The molecule has 0 atom stereocenters. The molecule has 2 heterocycles. The molecule has 1 N–H and O–H groups in total. The fraction of sp³-hybridized carbons (Fsp3) is 0.125. The molecule has 0 aliphatic rings. The van der Waals surface area contributed by atoms with Gasteiger partial charge in [0.15, 0.2) is 5.69 Å². The lowest BCUT2D eigenvalue weighted by Crippen LogP contribution is -2.14. The summed E-state index contributed by atoms with van der Waals surface area (Å²) < 4.78 is 6.51. The van der Waals surface area contributed by atoms with Gasteiger partial charge < -0.3 is 9.73 Å². The van der Waals surface area contributed by atoms with E-state index in [4.69, 9.17) is 4.42 Å². The van der Waals surface area contributed by atoms with Crippen molar-refractivity contribution in [2.24, 2.45) is 0 Å². The molecule has 112 valence electrons. The smallest absolute Gasteiger partial charge is 0.277 e. The van der Waals surface area contributed by atoms with Gasteiger partial charge in [0.05, 0.1) is 4.88 Å². The Morgan fingerprint density at radius 1 is 1.32 bits per heavy atom. The van der Waals surface area contributed by atoms with Crippen LogP contribution in [0.2, 0.25) is 0 Å². The van der Waals surface area contributed by atoms with Crippen LogP contribution in [0.1, 0.15) is 21.8 Å². The standard InChI is InChI=1S/C16H13BrN2O2S/c1-9-5-6-11(17)8-12(9)18-15(20)14-10(2)21-16(19-14)13-4-3-7-22-13/h3-8H,1-2H3,(H,18,20). The molecule has 0 unspecified atom stereocenters. The molecule has 6 heteroatoms. The van der Waals surface area contributed by atoms with E-state index in [2.05, 4.69) is 26.2 Å². The van der Waals surface area contributed by atoms with Gasteiger partial charge in [-0.3, -0.25) is 4.79 Å². The van der Waals surface area contributed by atoms with E-state index in [1.165, 1.54) is 11.3 Å². The summed E-state index contributed by atoms with van der Waals surface area (Å²) in [6.45, 7) is 3.68. The number of benzene rings is 1. The minimum absolute atomic E-state index is 0.273. The minimum atomic E-state index is -0.273. The summed E-state index contributed by atoms with van der Waals surface area (Å²) in [7, 11) is 0. The SMILES string of the molecule is Cc1ccc(Br)cc1NC(=O)c1nc(-c2cccs2)oc1C. The van der Waals surface area contributed by atoms with E-state index in [1.807, 2.05) is 42.6 Å². The Balaban J connectivity index is 1.88. The molecular formula is C16H13BrN2O2S. The lowest BCUT2D eigenvalue weighted by atomic mass is 10.2. The number of hydrogen-bond acceptors (Lipinski definition) is 4. The number of carbonyl (C=O) groups excluding carboxylic acids is 1. The third kappa shape index (κ3) is 2.98. The summed E-state index contributed by atoms with van der Waals surface area (Å²) in [5, 5.41) is 4.82. The van der Waals surface area contributed by atoms with Crippen LogP contribution >= 0.6 is 27.3 Å². The molecule has 4 nitrogen and oxygen atoms in total. The van der Waals surface area contributed by atoms with Gasteiger partial charge in [0.1, 0.15) is 5.76 Å². The maximum Gasteiger partial charge on any atom is 0.277 e. The van der Waals surface area contributed by atoms with Gasteiger partial charge in [-0.25, -0.2) is 4.98 Å². The molecule has 0 aliphatic heterocycles. The third-order valence-corrected chi connectivity index (χ3v) is 4.54. The minimum Gasteiger partial charge on any atom is -0.440 e. The number of carbonyl (C=O) groups is 1. The zero-order valence-corrected chi connectivity index (χ0v) is 14.4. The largest absolute Gasteiger partial charge is 0.440 e. The summed E-state index contributed by atoms with van der Waals surface area (Å²) in [6.07, 6.45) is 0. The average Bonchev–Trinajstić information content (AvgIpc) is 3.11. The second kappa shape index (κ2) is 6.06. The Hall–Kier alpha value is -1.92. The molecule has 1 aromatic carbocycles. The van der Waals surface area contributed by atoms with Gasteiger partial charge in [0.25, 0.3) is 5.91 Å². The topological polar surface area (TPSA) is 55.1 Å². The van der Waals surface area contributed by atoms with Crippen molar-refractivity contribution in [3.05, 3.63) is 57.2 Å². The Labute approximate surface area is 140 Å². The van der Waals surface area contributed by atoms with Gasteiger partial charge in [0.2, 0.25) is 5.89 Å². The summed E-state index contributed by atoms with van der Waals surface area (Å²) in [5.74, 6) is 0.711. The normalized spacial score (nSPS) is 10.7. The summed E-state index contributed by atoms with van der Waals surface area (Å²) in [6, 6.07) is 9.57. The van der Waals surface area contributed by atoms with Gasteiger partial charge in [-0.2, -0.15) is 0 Å². The maximum atomic E-state index is 12.4. The summed E-state index contributed by atoms with van der Waals surface area (Å²) in [5.41, 5.74) is 2.04. The van der Waals surface area contributed by atoms with Crippen LogP contribution in [-0.4, -0.2) is 10.9 Å². The zero-order chi connectivity index (χ0) is 15.7. The van der Waals surface area contributed by atoms with Crippen molar-refractivity contribution in [1.82, 2.24) is 4.98 Å². The van der Waals surface area contributed by atoms with Crippen LogP contribution in [0.3, 0.4) is 0 Å². The van der Waals surface area contributed by atoms with Gasteiger partial charge >= 0.3 is 0 Å². The molecule has 0 saturated heterocycles. The molecule has 0 aliphatic carbocycles. The number of rotatable bonds is 3. The fourth-order valence-corrected chi connectivity index (χ4v) is 3.03. The van der Waals surface area contributed by atoms with Crippen LogP contribution in [0.5, 0.6) is 0 Å². The number of oxazole rings is 1. The summed E-state index contributed by atoms with van der Waals surface area (Å²) >= 11 is 4.93. The van der Waals surface area contributed by atoms with Crippen molar-refractivity contribution in [3.8, 4) is 10.8 Å². The number of hydrogen-bond donors (Lipinski definition) is 1. The van der Waals surface area contributed by atoms with E-state index in [9.17, 15) is 4.79 Å². The van der Waals surface area contributed by atoms with Crippen molar-refractivity contribution in [2.45, 2.75) is 13.8 Å². The first-order chi connectivity index (χ1) is 10.5. The van der Waals surface area contributed by atoms with Gasteiger partial charge in [-0.1, -0.05) is 28.1 Å². The molecule has 0 spiro atoms. The van der Waals surface area contributed by atoms with E-state index in [-0.39, 0.29) is 5.91 Å². The number of aromatic nitrogens is 1. The number of amides is 1. The predicted molar refractivity (Wildman–Crippen MR) is 91.4 cm³/mol.